The molecular weight excluding hydrogens is 480 g/mol. The van der Waals surface area contributed by atoms with Crippen LogP contribution in [0.15, 0.2) is 69.0 Å². The Morgan fingerprint density at radius 3 is 2.69 bits per heavy atom. The van der Waals surface area contributed by atoms with Gasteiger partial charge >= 0.3 is 0 Å². The number of fused-ring (bicyclic) bond motifs is 1. The van der Waals surface area contributed by atoms with Crippen molar-refractivity contribution in [2.24, 2.45) is 0 Å². The molecule has 168 valence electrons. The van der Waals surface area contributed by atoms with Crippen LogP contribution in [0.5, 0.6) is 0 Å². The molecule has 2 aromatic heterocycles. The minimum Gasteiger partial charge on any atom is -0.592 e. The maximum Gasteiger partial charge on any atom is 0.295 e. The molecule has 2 unspecified atom stereocenters. The minimum absolute atomic E-state index is 0.0163. The molecule has 4 aromatic rings. The summed E-state index contributed by atoms with van der Waals surface area (Å²) in [6, 6.07) is 13.8. The number of aromatic nitrogens is 2. The van der Waals surface area contributed by atoms with Gasteiger partial charge in [-0.15, -0.1) is 5.10 Å². The lowest BCUT2D eigenvalue weighted by Crippen LogP contribution is -2.33. The topological polar surface area (TPSA) is 148 Å². The normalized spacial score (nSPS) is 14.9. The highest BCUT2D eigenvalue weighted by Crippen LogP contribution is 2.30. The molecule has 13 heteroatoms. The van der Waals surface area contributed by atoms with Gasteiger partial charge in [0.1, 0.15) is 12.6 Å². The number of nitrogens with zero attached hydrogens (tertiary/aromatic N) is 2. The maximum atomic E-state index is 13.0. The van der Waals surface area contributed by atoms with E-state index in [9.17, 15) is 23.0 Å². The maximum absolute atomic E-state index is 13.0. The molecule has 0 saturated heterocycles. The van der Waals surface area contributed by atoms with Crippen LogP contribution in [-0.2, 0) is 26.6 Å². The summed E-state index contributed by atoms with van der Waals surface area (Å²) in [7, 11) is -4.92. The molecular formula is C19H17ClN4O6S2. The average molecular weight is 497 g/mol. The van der Waals surface area contributed by atoms with Crippen molar-refractivity contribution in [3.8, 4) is 0 Å². The van der Waals surface area contributed by atoms with Crippen molar-refractivity contribution in [1.29, 1.82) is 0 Å². The third-order valence-electron chi connectivity index (χ3n) is 4.43. The smallest absolute Gasteiger partial charge is 0.295 e. The minimum atomic E-state index is -4.14. The summed E-state index contributed by atoms with van der Waals surface area (Å²) >= 11 is 6.04. The van der Waals surface area contributed by atoms with Crippen LogP contribution >= 0.6 is 11.6 Å². The fourth-order valence-corrected chi connectivity index (χ4v) is 5.36. The Labute approximate surface area is 190 Å². The molecule has 2 atom stereocenters. The number of H-pyrrole nitrogens is 1. The average Bonchev–Trinajstić information content (AvgIpc) is 3.34. The summed E-state index contributed by atoms with van der Waals surface area (Å²) in [5.74, 6) is -0.326. The highest BCUT2D eigenvalue weighted by atomic mass is 35.5. The molecule has 0 spiro atoms. The first-order valence-electron chi connectivity index (χ1n) is 9.07. The summed E-state index contributed by atoms with van der Waals surface area (Å²) < 4.78 is 46.6. The lowest BCUT2D eigenvalue weighted by atomic mass is 10.3. The third kappa shape index (κ3) is 4.70. The molecule has 10 nitrogen and oxygen atoms in total. The number of hydrogen-bond acceptors (Lipinski definition) is 7. The second kappa shape index (κ2) is 8.31. The molecule has 4 rings (SSSR count). The standard InChI is InChI=1S/C19H17ClN4O6S2/c1-24(25,26)18-10-14(21-22-18)11-31(27)17-7-6-13(20)9-15(17)23-32(28,29)19-8-12-4-2-3-5-16(12)30-19/h2-10,23,25H,11H2,1H3,(H,21,22). The monoisotopic (exact) mass is 496 g/mol. The second-order valence-corrected chi connectivity index (χ2v) is 10.4. The van der Waals surface area contributed by atoms with Gasteiger partial charge in [-0.25, -0.2) is 5.21 Å². The van der Waals surface area contributed by atoms with Crippen molar-refractivity contribution in [3.05, 3.63) is 70.5 Å². The Kier molecular flexibility index (Phi) is 5.83. The Hall–Kier alpha value is -2.74. The molecule has 0 fully saturated rings. The fourth-order valence-electron chi connectivity index (χ4n) is 2.92. The lowest BCUT2D eigenvalue weighted by Gasteiger charge is -2.24. The summed E-state index contributed by atoms with van der Waals surface area (Å²) in [4.78, 5) is -1.58. The number of para-hydroxylation sites is 1. The van der Waals surface area contributed by atoms with Crippen molar-refractivity contribution in [3.63, 3.8) is 0 Å². The van der Waals surface area contributed by atoms with E-state index in [4.69, 9.17) is 16.0 Å². The van der Waals surface area contributed by atoms with Gasteiger partial charge in [0.15, 0.2) is 0 Å². The molecule has 0 saturated carbocycles. The number of nitrogens with one attached hydrogen (secondary N) is 2. The van der Waals surface area contributed by atoms with Crippen molar-refractivity contribution in [1.82, 2.24) is 15.0 Å². The van der Waals surface area contributed by atoms with Crippen LogP contribution in [-0.4, -0.2) is 35.1 Å². The van der Waals surface area contributed by atoms with E-state index in [-0.39, 0.29) is 32.3 Å². The van der Waals surface area contributed by atoms with Gasteiger partial charge in [0.25, 0.3) is 15.8 Å². The van der Waals surface area contributed by atoms with Gasteiger partial charge in [-0.1, -0.05) is 29.8 Å². The zero-order valence-corrected chi connectivity index (χ0v) is 18.9. The van der Waals surface area contributed by atoms with E-state index >= 15 is 0 Å². The Morgan fingerprint density at radius 2 is 2.00 bits per heavy atom. The Balaban J connectivity index is 1.63. The molecule has 0 radical (unpaired) electrons. The lowest BCUT2D eigenvalue weighted by molar-refractivity contribution is -0.00791. The number of aromatic amines is 1. The summed E-state index contributed by atoms with van der Waals surface area (Å²) in [6.45, 7) is 0. The van der Waals surface area contributed by atoms with Crippen LogP contribution in [0.3, 0.4) is 0 Å². The van der Waals surface area contributed by atoms with Crippen LogP contribution in [0.2, 0.25) is 5.02 Å². The molecule has 0 amide bonds. The van der Waals surface area contributed by atoms with Crippen LogP contribution in [0.1, 0.15) is 5.69 Å². The van der Waals surface area contributed by atoms with E-state index in [0.717, 1.165) is 7.05 Å². The van der Waals surface area contributed by atoms with Crippen molar-refractivity contribution >= 4 is 54.9 Å². The zero-order valence-electron chi connectivity index (χ0n) is 16.5. The molecule has 0 bridgehead atoms. The Bertz CT molecular complexity index is 1390. The molecule has 2 aromatic carbocycles. The number of quaternary nitrogens is 1. The first kappa shape index (κ1) is 22.5. The van der Waals surface area contributed by atoms with E-state index < -0.39 is 25.6 Å². The molecule has 0 aliphatic rings. The summed E-state index contributed by atoms with van der Waals surface area (Å²) in [5.41, 5.74) is 0.738. The number of furan rings is 1. The van der Waals surface area contributed by atoms with Gasteiger partial charge in [0, 0.05) is 22.5 Å². The molecule has 0 aliphatic carbocycles. The van der Waals surface area contributed by atoms with Crippen molar-refractivity contribution in [2.75, 3.05) is 11.8 Å². The number of anilines is 1. The third-order valence-corrected chi connectivity index (χ3v) is 7.30. The van der Waals surface area contributed by atoms with Gasteiger partial charge in [-0.05, 0) is 24.3 Å². The van der Waals surface area contributed by atoms with E-state index in [1.807, 2.05) is 0 Å². The van der Waals surface area contributed by atoms with Crippen LogP contribution in [0.4, 0.5) is 11.5 Å². The SMILES string of the molecule is C[N+]([O-])(O)c1cc(CS(=O)c2ccc(Cl)cc2NS(=O)(=O)c2cc3ccccc3o2)[nH]n1. The number of sulfonamides is 1. The predicted molar refractivity (Wildman–Crippen MR) is 120 cm³/mol. The van der Waals surface area contributed by atoms with Crippen LogP contribution in [0.25, 0.3) is 11.0 Å². The first-order chi connectivity index (χ1) is 15.0. The largest absolute Gasteiger partial charge is 0.592 e. The molecule has 2 heterocycles. The van der Waals surface area contributed by atoms with Gasteiger partial charge in [-0.3, -0.25) is 14.0 Å². The van der Waals surface area contributed by atoms with Crippen LogP contribution in [0, 0.1) is 5.21 Å². The zero-order chi connectivity index (χ0) is 23.1. The van der Waals surface area contributed by atoms with Gasteiger partial charge in [-0.2, -0.15) is 13.2 Å². The quantitative estimate of drug-likeness (QED) is 0.260. The number of benzene rings is 2. The van der Waals surface area contributed by atoms with E-state index in [0.29, 0.717) is 16.7 Å². The van der Waals surface area contributed by atoms with Gasteiger partial charge < -0.3 is 9.62 Å². The predicted octanol–water partition coefficient (Wildman–Crippen LogP) is 3.74. The number of hydrogen-bond donors (Lipinski definition) is 3. The second-order valence-electron chi connectivity index (χ2n) is 6.97. The summed E-state index contributed by atoms with van der Waals surface area (Å²) in [5, 5.41) is 27.8. The van der Waals surface area contributed by atoms with Crippen LogP contribution < -0.4 is 9.53 Å². The van der Waals surface area contributed by atoms with Crippen molar-refractivity contribution < 1.29 is 22.3 Å². The molecule has 3 N–H and O–H groups in total. The van der Waals surface area contributed by atoms with Gasteiger partial charge in [0.2, 0.25) is 5.09 Å². The van der Waals surface area contributed by atoms with Gasteiger partial charge in [0.05, 0.1) is 32.8 Å². The van der Waals surface area contributed by atoms with E-state index in [1.54, 1.807) is 24.3 Å². The van der Waals surface area contributed by atoms with Crippen molar-refractivity contribution in [2.45, 2.75) is 15.7 Å². The molecule has 32 heavy (non-hydrogen) atoms. The number of rotatable bonds is 7. The Morgan fingerprint density at radius 1 is 1.25 bits per heavy atom. The fraction of sp³-hybridized carbons (Fsp3) is 0.105. The highest BCUT2D eigenvalue weighted by Gasteiger charge is 2.23. The molecule has 0 aliphatic heterocycles. The van der Waals surface area contributed by atoms with E-state index in [1.165, 1.54) is 30.3 Å². The first-order valence-corrected chi connectivity index (χ1v) is 12.3. The number of hydroxylamine groups is 2. The highest BCUT2D eigenvalue weighted by molar-refractivity contribution is 7.92. The summed E-state index contributed by atoms with van der Waals surface area (Å²) in [6.07, 6.45) is 0. The van der Waals surface area contributed by atoms with E-state index in [2.05, 4.69) is 14.9 Å². The number of halogens is 1.